The van der Waals surface area contributed by atoms with Crippen molar-refractivity contribution in [2.24, 2.45) is 0 Å². The fraction of sp³-hybridized carbons (Fsp3) is 0.550. The quantitative estimate of drug-likeness (QED) is 0.859. The van der Waals surface area contributed by atoms with E-state index in [9.17, 15) is 0 Å². The molecule has 1 aliphatic rings. The van der Waals surface area contributed by atoms with Gasteiger partial charge < -0.3 is 9.88 Å². The molecule has 1 unspecified atom stereocenters. The first-order valence-electron chi connectivity index (χ1n) is 8.89. The van der Waals surface area contributed by atoms with Crippen molar-refractivity contribution in [3.8, 4) is 6.07 Å². The maximum Gasteiger partial charge on any atom is 0.0991 e. The second-order valence-electron chi connectivity index (χ2n) is 6.52. The second kappa shape index (κ2) is 8.74. The van der Waals surface area contributed by atoms with Gasteiger partial charge in [-0.2, -0.15) is 5.26 Å². The first kappa shape index (κ1) is 17.6. The number of H-pyrrole nitrogens is 1. The Morgan fingerprint density at radius 2 is 2.00 bits per heavy atom. The zero-order chi connectivity index (χ0) is 16.7. The molecule has 1 aliphatic heterocycles. The Labute approximate surface area is 140 Å². The summed E-state index contributed by atoms with van der Waals surface area (Å²) < 4.78 is 0. The van der Waals surface area contributed by atoms with Gasteiger partial charge in [-0.3, -0.25) is 0 Å². The molecule has 0 aliphatic carbocycles. The van der Waals surface area contributed by atoms with Gasteiger partial charge in [-0.25, -0.2) is 0 Å². The summed E-state index contributed by atoms with van der Waals surface area (Å²) in [5.41, 5.74) is 3.24. The molecule has 0 radical (unpaired) electrons. The van der Waals surface area contributed by atoms with Crippen LogP contribution in [0, 0.1) is 11.3 Å². The third kappa shape index (κ3) is 4.59. The average Bonchev–Trinajstić information content (AvgIpc) is 3.21. The molecule has 1 atom stereocenters. The molecule has 23 heavy (non-hydrogen) atoms. The summed E-state index contributed by atoms with van der Waals surface area (Å²) in [6, 6.07) is 8.07. The normalized spacial score (nSPS) is 15.9. The predicted molar refractivity (Wildman–Crippen MR) is 97.7 cm³/mol. The number of nitrogens with one attached hydrogen (secondary N) is 1. The van der Waals surface area contributed by atoms with Crippen molar-refractivity contribution in [1.82, 2.24) is 9.88 Å². The van der Waals surface area contributed by atoms with E-state index in [1.807, 2.05) is 18.2 Å². The van der Waals surface area contributed by atoms with E-state index in [1.54, 1.807) is 0 Å². The number of hydrogen-bond acceptors (Lipinski definition) is 2. The van der Waals surface area contributed by atoms with E-state index in [4.69, 9.17) is 5.26 Å². The Bertz CT molecular complexity index is 644. The number of nitriles is 1. The molecule has 0 bridgehead atoms. The number of nitrogens with zero attached hydrogens (tertiary/aromatic N) is 2. The number of fused-ring (bicyclic) bond motifs is 1. The molecule has 0 spiro atoms. The van der Waals surface area contributed by atoms with Gasteiger partial charge in [-0.1, -0.05) is 20.3 Å². The van der Waals surface area contributed by atoms with Crippen molar-refractivity contribution in [1.29, 1.82) is 5.26 Å². The van der Waals surface area contributed by atoms with Crippen LogP contribution in [0.5, 0.6) is 0 Å². The average molecular weight is 311 g/mol. The Morgan fingerprint density at radius 1 is 1.26 bits per heavy atom. The minimum Gasteiger partial charge on any atom is -0.361 e. The van der Waals surface area contributed by atoms with Gasteiger partial charge in [-0.15, -0.1) is 0 Å². The number of benzene rings is 1. The van der Waals surface area contributed by atoms with Gasteiger partial charge in [0, 0.05) is 17.1 Å². The molecule has 124 valence electrons. The molecule has 1 saturated heterocycles. The fourth-order valence-electron chi connectivity index (χ4n) is 3.35. The lowest BCUT2D eigenvalue weighted by Crippen LogP contribution is -2.10. The van der Waals surface area contributed by atoms with Crippen LogP contribution >= 0.6 is 0 Å². The van der Waals surface area contributed by atoms with Crippen molar-refractivity contribution >= 4 is 10.9 Å². The first-order chi connectivity index (χ1) is 11.2. The largest absolute Gasteiger partial charge is 0.361 e. The third-order valence-electron chi connectivity index (χ3n) is 4.74. The van der Waals surface area contributed by atoms with Crippen molar-refractivity contribution in [3.63, 3.8) is 0 Å². The minimum absolute atomic E-state index is 0.600. The van der Waals surface area contributed by atoms with Crippen LogP contribution in [0.15, 0.2) is 24.4 Å². The van der Waals surface area contributed by atoms with Crippen LogP contribution in [0.2, 0.25) is 0 Å². The highest BCUT2D eigenvalue weighted by Gasteiger charge is 2.13. The summed E-state index contributed by atoms with van der Waals surface area (Å²) in [4.78, 5) is 5.66. The highest BCUT2D eigenvalue weighted by atomic mass is 15.1. The number of rotatable bonds is 4. The topological polar surface area (TPSA) is 42.8 Å². The highest BCUT2D eigenvalue weighted by Crippen LogP contribution is 2.31. The molecule has 2 heterocycles. The summed E-state index contributed by atoms with van der Waals surface area (Å²) in [6.07, 6.45) is 8.49. The summed E-state index contributed by atoms with van der Waals surface area (Å²) in [6.45, 7) is 7.09. The molecule has 1 aromatic heterocycles. The standard InChI is InChI=1S/C15H18N2.C5H11N/c1-3-5-12(4-2)14-10-17-15-7-6-11(9-16)8-13(14)15;1-6-4-2-3-5-6/h6-8,10,12,17H,3-5H2,1-2H3;2-5H2,1H3. The van der Waals surface area contributed by atoms with Gasteiger partial charge in [0.2, 0.25) is 0 Å². The van der Waals surface area contributed by atoms with Gasteiger partial charge in [-0.05, 0) is 75.5 Å². The van der Waals surface area contributed by atoms with Crippen molar-refractivity contribution in [2.75, 3.05) is 20.1 Å². The van der Waals surface area contributed by atoms with Crippen LogP contribution in [0.3, 0.4) is 0 Å². The zero-order valence-corrected chi connectivity index (χ0v) is 14.7. The molecule has 1 fully saturated rings. The number of likely N-dealkylation sites (tertiary alicyclic amines) is 1. The van der Waals surface area contributed by atoms with Crippen LogP contribution in [-0.4, -0.2) is 30.0 Å². The monoisotopic (exact) mass is 311 g/mol. The van der Waals surface area contributed by atoms with Crippen molar-refractivity contribution in [2.45, 2.75) is 51.9 Å². The van der Waals surface area contributed by atoms with E-state index in [0.717, 1.165) is 17.5 Å². The van der Waals surface area contributed by atoms with Crippen molar-refractivity contribution < 1.29 is 0 Å². The lowest BCUT2D eigenvalue weighted by molar-refractivity contribution is 0.418. The van der Waals surface area contributed by atoms with Crippen LogP contribution in [0.1, 0.15) is 63.0 Å². The smallest absolute Gasteiger partial charge is 0.0991 e. The van der Waals surface area contributed by atoms with Gasteiger partial charge >= 0.3 is 0 Å². The molecule has 1 aromatic carbocycles. The van der Waals surface area contributed by atoms with E-state index in [1.165, 1.54) is 49.7 Å². The SMILES string of the molecule is CCCC(CC)c1c[nH]c2ccc(C#N)cc12.CN1CCCC1. The lowest BCUT2D eigenvalue weighted by atomic mass is 9.91. The Morgan fingerprint density at radius 3 is 2.52 bits per heavy atom. The maximum absolute atomic E-state index is 8.96. The molecule has 3 nitrogen and oxygen atoms in total. The van der Waals surface area contributed by atoms with Gasteiger partial charge in [0.1, 0.15) is 0 Å². The minimum atomic E-state index is 0.600. The van der Waals surface area contributed by atoms with Crippen LogP contribution in [0.25, 0.3) is 10.9 Å². The molecule has 0 saturated carbocycles. The maximum atomic E-state index is 8.96. The van der Waals surface area contributed by atoms with E-state index < -0.39 is 0 Å². The van der Waals surface area contributed by atoms with E-state index in [-0.39, 0.29) is 0 Å². The van der Waals surface area contributed by atoms with Crippen LogP contribution in [-0.2, 0) is 0 Å². The van der Waals surface area contributed by atoms with Gasteiger partial charge in [0.05, 0.1) is 11.6 Å². The first-order valence-corrected chi connectivity index (χ1v) is 8.89. The van der Waals surface area contributed by atoms with E-state index >= 15 is 0 Å². The predicted octanol–water partition coefficient (Wildman–Crippen LogP) is 5.05. The number of aromatic amines is 1. The summed E-state index contributed by atoms with van der Waals surface area (Å²) in [5.74, 6) is 0.600. The van der Waals surface area contributed by atoms with Gasteiger partial charge in [0.15, 0.2) is 0 Å². The second-order valence-corrected chi connectivity index (χ2v) is 6.52. The number of aromatic nitrogens is 1. The fourth-order valence-corrected chi connectivity index (χ4v) is 3.35. The van der Waals surface area contributed by atoms with E-state index in [2.05, 4.69) is 43.0 Å². The van der Waals surface area contributed by atoms with E-state index in [0.29, 0.717) is 5.92 Å². The highest BCUT2D eigenvalue weighted by molar-refractivity contribution is 5.85. The molecular weight excluding hydrogens is 282 g/mol. The Kier molecular flexibility index (Phi) is 6.67. The summed E-state index contributed by atoms with van der Waals surface area (Å²) in [7, 11) is 2.17. The molecule has 1 N–H and O–H groups in total. The molecule has 0 amide bonds. The summed E-state index contributed by atoms with van der Waals surface area (Å²) >= 11 is 0. The van der Waals surface area contributed by atoms with Crippen LogP contribution < -0.4 is 0 Å². The molecular formula is C20H29N3. The van der Waals surface area contributed by atoms with Crippen molar-refractivity contribution in [3.05, 3.63) is 35.5 Å². The molecule has 2 aromatic rings. The Hall–Kier alpha value is -1.79. The lowest BCUT2D eigenvalue weighted by Gasteiger charge is -2.12. The number of hydrogen-bond donors (Lipinski definition) is 1. The third-order valence-corrected chi connectivity index (χ3v) is 4.74. The zero-order valence-electron chi connectivity index (χ0n) is 14.7. The molecule has 3 rings (SSSR count). The molecule has 3 heteroatoms. The van der Waals surface area contributed by atoms with Gasteiger partial charge in [0.25, 0.3) is 0 Å². The van der Waals surface area contributed by atoms with Crippen LogP contribution in [0.4, 0.5) is 0 Å². The summed E-state index contributed by atoms with van der Waals surface area (Å²) in [5, 5.41) is 10.2. The Balaban J connectivity index is 0.000000268.